The topological polar surface area (TPSA) is 67.6 Å². The van der Waals surface area contributed by atoms with Crippen LogP contribution in [0.15, 0.2) is 60.7 Å². The third kappa shape index (κ3) is 3.05. The smallest absolute Gasteiger partial charge is 0.141 e. The van der Waals surface area contributed by atoms with E-state index in [4.69, 9.17) is 33.9 Å². The molecule has 0 fully saturated rings. The summed E-state index contributed by atoms with van der Waals surface area (Å²) in [6.07, 6.45) is 2.78. The number of imidazole rings is 1. The molecule has 0 saturated heterocycles. The van der Waals surface area contributed by atoms with Crippen LogP contribution < -0.4 is 5.73 Å². The van der Waals surface area contributed by atoms with Crippen LogP contribution >= 0.6 is 23.2 Å². The van der Waals surface area contributed by atoms with Crippen molar-refractivity contribution >= 4 is 28.9 Å². The van der Waals surface area contributed by atoms with E-state index in [0.717, 1.165) is 17.0 Å². The number of nitrogens with one attached hydrogen (secondary N) is 1. The summed E-state index contributed by atoms with van der Waals surface area (Å²) in [6, 6.07) is 18.8. The number of hydrogen-bond acceptors (Lipinski definition) is 3. The Morgan fingerprint density at radius 2 is 1.62 bits per heavy atom. The van der Waals surface area contributed by atoms with Crippen LogP contribution in [0.3, 0.4) is 0 Å². The van der Waals surface area contributed by atoms with Gasteiger partial charge in [0.25, 0.3) is 0 Å². The third-order valence-corrected chi connectivity index (χ3v) is 4.56. The number of pyridine rings is 1. The van der Waals surface area contributed by atoms with Crippen LogP contribution in [0.4, 0.5) is 5.69 Å². The Morgan fingerprint density at radius 3 is 2.27 bits per heavy atom. The highest BCUT2D eigenvalue weighted by molar-refractivity contribution is 6.39. The fraction of sp³-hybridized carbons (Fsp3) is 0. The van der Waals surface area contributed by atoms with E-state index in [1.54, 1.807) is 24.3 Å². The number of halogens is 2. The summed E-state index contributed by atoms with van der Waals surface area (Å²) in [6.45, 7) is 0. The second-order valence-electron chi connectivity index (χ2n) is 5.67. The zero-order chi connectivity index (χ0) is 18.1. The predicted octanol–water partition coefficient (Wildman–Crippen LogP) is 5.49. The van der Waals surface area contributed by atoms with Gasteiger partial charge in [0, 0.05) is 5.56 Å². The molecule has 0 aliphatic heterocycles. The lowest BCUT2D eigenvalue weighted by Gasteiger charge is -2.03. The summed E-state index contributed by atoms with van der Waals surface area (Å²) in [5.74, 6) is 0.577. The first-order valence-corrected chi connectivity index (χ1v) is 8.63. The van der Waals surface area contributed by atoms with Gasteiger partial charge in [-0.1, -0.05) is 59.6 Å². The second kappa shape index (κ2) is 6.83. The first-order chi connectivity index (χ1) is 12.6. The van der Waals surface area contributed by atoms with Crippen LogP contribution in [0.2, 0.25) is 10.0 Å². The second-order valence-corrected chi connectivity index (χ2v) is 6.48. The van der Waals surface area contributed by atoms with Crippen LogP contribution in [-0.2, 0) is 0 Å². The molecule has 0 spiro atoms. The van der Waals surface area contributed by atoms with Gasteiger partial charge in [0.05, 0.1) is 38.4 Å². The Kier molecular flexibility index (Phi) is 4.37. The van der Waals surface area contributed by atoms with Gasteiger partial charge in [-0.05, 0) is 24.3 Å². The molecule has 2 aromatic carbocycles. The van der Waals surface area contributed by atoms with E-state index in [-0.39, 0.29) is 0 Å². The summed E-state index contributed by atoms with van der Waals surface area (Å²) < 4.78 is 0. The van der Waals surface area contributed by atoms with Crippen molar-refractivity contribution in [2.45, 2.75) is 0 Å². The fourth-order valence-electron chi connectivity index (χ4n) is 2.71. The lowest BCUT2D eigenvalue weighted by atomic mass is 10.1. The Balaban J connectivity index is 1.95. The van der Waals surface area contributed by atoms with Crippen molar-refractivity contribution in [2.24, 2.45) is 0 Å². The molecule has 26 heavy (non-hydrogen) atoms. The molecule has 0 atom stereocenters. The number of hydrogen-bond donors (Lipinski definition) is 2. The molecule has 0 aliphatic rings. The van der Waals surface area contributed by atoms with Gasteiger partial charge in [-0.25, -0.2) is 9.97 Å². The van der Waals surface area contributed by atoms with Crippen molar-refractivity contribution in [3.8, 4) is 34.0 Å². The average Bonchev–Trinajstić information content (AvgIpc) is 3.08. The standard InChI is InChI=1S/C20H13Cl2N4/c21-14-7-4-8-15(22)17(14)20-25-18(12-5-2-1-3-6-12)19(26-20)16-10-9-13(23)11-24-16/h1-10H,23H2,(H,25,26). The van der Waals surface area contributed by atoms with E-state index < -0.39 is 0 Å². The largest absolute Gasteiger partial charge is 0.397 e. The van der Waals surface area contributed by atoms with E-state index in [0.29, 0.717) is 32.8 Å². The first-order valence-electron chi connectivity index (χ1n) is 7.88. The fourth-order valence-corrected chi connectivity index (χ4v) is 3.29. The van der Waals surface area contributed by atoms with Crippen molar-refractivity contribution < 1.29 is 0 Å². The summed E-state index contributed by atoms with van der Waals surface area (Å²) in [5.41, 5.74) is 9.97. The number of rotatable bonds is 3. The van der Waals surface area contributed by atoms with Crippen LogP contribution in [0, 0.1) is 6.20 Å². The van der Waals surface area contributed by atoms with Gasteiger partial charge < -0.3 is 10.7 Å². The van der Waals surface area contributed by atoms with Crippen LogP contribution in [-0.4, -0.2) is 15.0 Å². The van der Waals surface area contributed by atoms with Gasteiger partial charge in [0.15, 0.2) is 0 Å². The number of H-pyrrole nitrogens is 1. The quantitative estimate of drug-likeness (QED) is 0.494. The van der Waals surface area contributed by atoms with Crippen molar-refractivity contribution in [1.29, 1.82) is 0 Å². The SMILES string of the molecule is Nc1[c]nc(-c2[nH]c(-c3c(Cl)cccc3Cl)nc2-c2ccccc2)cc1. The van der Waals surface area contributed by atoms with Crippen molar-refractivity contribution in [3.63, 3.8) is 0 Å². The van der Waals surface area contributed by atoms with Gasteiger partial charge in [-0.15, -0.1) is 0 Å². The zero-order valence-corrected chi connectivity index (χ0v) is 15.0. The maximum Gasteiger partial charge on any atom is 0.141 e. The van der Waals surface area contributed by atoms with Crippen molar-refractivity contribution in [2.75, 3.05) is 5.73 Å². The van der Waals surface area contributed by atoms with E-state index in [1.807, 2.05) is 36.4 Å². The molecule has 0 bridgehead atoms. The molecule has 127 valence electrons. The molecule has 0 aliphatic carbocycles. The van der Waals surface area contributed by atoms with Crippen LogP contribution in [0.5, 0.6) is 0 Å². The molecule has 3 N–H and O–H groups in total. The third-order valence-electron chi connectivity index (χ3n) is 3.93. The monoisotopic (exact) mass is 379 g/mol. The summed E-state index contributed by atoms with van der Waals surface area (Å²) in [5, 5.41) is 1.04. The van der Waals surface area contributed by atoms with Gasteiger partial charge in [0.1, 0.15) is 12.0 Å². The number of benzene rings is 2. The minimum Gasteiger partial charge on any atom is -0.397 e. The number of aromatic amines is 1. The predicted molar refractivity (Wildman–Crippen MR) is 106 cm³/mol. The van der Waals surface area contributed by atoms with Crippen LogP contribution in [0.25, 0.3) is 34.0 Å². The maximum atomic E-state index is 6.36. The highest BCUT2D eigenvalue weighted by atomic mass is 35.5. The highest BCUT2D eigenvalue weighted by Gasteiger charge is 2.19. The van der Waals surface area contributed by atoms with Crippen molar-refractivity contribution in [3.05, 3.63) is 76.9 Å². The highest BCUT2D eigenvalue weighted by Crippen LogP contribution is 2.37. The van der Waals surface area contributed by atoms with Crippen molar-refractivity contribution in [1.82, 2.24) is 15.0 Å². The van der Waals surface area contributed by atoms with Gasteiger partial charge in [-0.3, -0.25) is 0 Å². The molecule has 0 unspecified atom stereocenters. The van der Waals surface area contributed by atoms with E-state index in [9.17, 15) is 0 Å². The minimum absolute atomic E-state index is 0.476. The normalized spacial score (nSPS) is 10.8. The number of nitrogens with zero attached hydrogens (tertiary/aromatic N) is 2. The van der Waals surface area contributed by atoms with E-state index >= 15 is 0 Å². The number of aromatic nitrogens is 3. The molecule has 4 nitrogen and oxygen atoms in total. The average molecular weight is 380 g/mol. The molecule has 0 amide bonds. The molecule has 2 aromatic heterocycles. The lowest BCUT2D eigenvalue weighted by Crippen LogP contribution is -1.90. The Labute approximate surface area is 160 Å². The number of anilines is 1. The Bertz CT molecular complexity index is 1040. The van der Waals surface area contributed by atoms with Gasteiger partial charge in [0.2, 0.25) is 0 Å². The molecular weight excluding hydrogens is 367 g/mol. The maximum absolute atomic E-state index is 6.36. The van der Waals surface area contributed by atoms with Gasteiger partial charge >= 0.3 is 0 Å². The molecule has 4 aromatic rings. The Hall–Kier alpha value is -2.82. The molecule has 4 rings (SSSR count). The molecule has 6 heteroatoms. The molecule has 2 heterocycles. The molecule has 0 saturated carbocycles. The summed E-state index contributed by atoms with van der Waals surface area (Å²) >= 11 is 12.7. The van der Waals surface area contributed by atoms with Crippen LogP contribution in [0.1, 0.15) is 0 Å². The number of nitrogens with two attached hydrogens (primary N) is 1. The lowest BCUT2D eigenvalue weighted by molar-refractivity contribution is 1.27. The summed E-state index contributed by atoms with van der Waals surface area (Å²) in [4.78, 5) is 12.4. The first kappa shape index (κ1) is 16.6. The molecule has 1 radical (unpaired) electrons. The number of nitrogen functional groups attached to an aromatic ring is 1. The van der Waals surface area contributed by atoms with Gasteiger partial charge in [-0.2, -0.15) is 0 Å². The van der Waals surface area contributed by atoms with E-state index in [2.05, 4.69) is 16.2 Å². The Morgan fingerprint density at radius 1 is 0.885 bits per heavy atom. The zero-order valence-electron chi connectivity index (χ0n) is 13.5. The molecular formula is C20H13Cl2N4. The minimum atomic E-state index is 0.476. The van der Waals surface area contributed by atoms with E-state index in [1.165, 1.54) is 0 Å². The summed E-state index contributed by atoms with van der Waals surface area (Å²) in [7, 11) is 0.